The number of halogens is 1. The number of fused-ring (bicyclic) bond motifs is 1. The zero-order valence-corrected chi connectivity index (χ0v) is 21.7. The average Bonchev–Trinajstić information content (AvgIpc) is 3.26. The number of sulfonamides is 2. The van der Waals surface area contributed by atoms with Crippen molar-refractivity contribution >= 4 is 37.3 Å². The van der Waals surface area contributed by atoms with Gasteiger partial charge in [-0.2, -0.15) is 0 Å². The molecule has 0 atom stereocenters. The molecule has 1 amide bonds. The van der Waals surface area contributed by atoms with Gasteiger partial charge in [0.1, 0.15) is 12.4 Å². The predicted molar refractivity (Wildman–Crippen MR) is 135 cm³/mol. The van der Waals surface area contributed by atoms with Crippen LogP contribution in [0.3, 0.4) is 0 Å². The van der Waals surface area contributed by atoms with Crippen LogP contribution < -0.4 is 9.21 Å². The van der Waals surface area contributed by atoms with Crippen molar-refractivity contribution in [2.45, 2.75) is 23.1 Å². The fraction of sp³-hybridized carbons (Fsp3) is 0.240. The summed E-state index contributed by atoms with van der Waals surface area (Å²) in [5.41, 5.74) is 2.45. The highest BCUT2D eigenvalue weighted by Crippen LogP contribution is 2.32. The van der Waals surface area contributed by atoms with Crippen LogP contribution >= 0.6 is 0 Å². The highest BCUT2D eigenvalue weighted by atomic mass is 32.2. The molecular formula is C25H26FN3O5S2. The first-order valence-corrected chi connectivity index (χ1v) is 14.0. The lowest BCUT2D eigenvalue weighted by Gasteiger charge is -2.27. The van der Waals surface area contributed by atoms with Crippen LogP contribution in [0.4, 0.5) is 15.8 Å². The van der Waals surface area contributed by atoms with E-state index in [4.69, 9.17) is 0 Å². The van der Waals surface area contributed by atoms with Crippen LogP contribution in [-0.2, 0) is 31.3 Å². The number of hydrogen-bond donors (Lipinski definition) is 0. The van der Waals surface area contributed by atoms with Gasteiger partial charge in [-0.05, 0) is 73.5 Å². The second-order valence-electron chi connectivity index (χ2n) is 8.67. The van der Waals surface area contributed by atoms with Crippen molar-refractivity contribution in [3.05, 3.63) is 83.7 Å². The quantitative estimate of drug-likeness (QED) is 0.467. The molecule has 3 aromatic carbocycles. The van der Waals surface area contributed by atoms with Gasteiger partial charge >= 0.3 is 0 Å². The fourth-order valence-electron chi connectivity index (χ4n) is 3.98. The molecule has 0 bridgehead atoms. The lowest BCUT2D eigenvalue weighted by atomic mass is 10.2. The van der Waals surface area contributed by atoms with Crippen molar-refractivity contribution in [1.82, 2.24) is 4.31 Å². The van der Waals surface area contributed by atoms with E-state index in [1.807, 2.05) is 6.92 Å². The van der Waals surface area contributed by atoms with Crippen LogP contribution in [0.25, 0.3) is 0 Å². The first kappa shape index (κ1) is 25.8. The maximum atomic E-state index is 13.5. The van der Waals surface area contributed by atoms with Gasteiger partial charge in [0.2, 0.25) is 15.9 Å². The third-order valence-corrected chi connectivity index (χ3v) is 9.63. The summed E-state index contributed by atoms with van der Waals surface area (Å²) in [6.45, 7) is 1.66. The number of hydrogen-bond acceptors (Lipinski definition) is 5. The van der Waals surface area contributed by atoms with Gasteiger partial charge in [-0.3, -0.25) is 9.10 Å². The lowest BCUT2D eigenvalue weighted by molar-refractivity contribution is -0.117. The molecule has 11 heteroatoms. The Kier molecular flexibility index (Phi) is 6.91. The van der Waals surface area contributed by atoms with E-state index in [1.165, 1.54) is 25.1 Å². The molecule has 0 aliphatic carbocycles. The first-order valence-electron chi connectivity index (χ1n) is 11.1. The Labute approximate surface area is 210 Å². The van der Waals surface area contributed by atoms with E-state index in [1.54, 1.807) is 36.4 Å². The standard InChI is InChI=1S/C25H26FN3O5S2/c1-18-4-8-21(9-5-18)29(36(33,34)22-10-6-20(26)7-11-22)17-25(30)28-15-14-19-16-23(12-13-24(19)28)35(31,32)27(2)3/h4-13,16H,14-15,17H2,1-3H3. The molecule has 0 saturated carbocycles. The lowest BCUT2D eigenvalue weighted by Crippen LogP contribution is -2.42. The van der Waals surface area contributed by atoms with Crippen molar-refractivity contribution in [2.75, 3.05) is 36.4 Å². The van der Waals surface area contributed by atoms with Crippen LogP contribution in [0.1, 0.15) is 11.1 Å². The molecular weight excluding hydrogens is 505 g/mol. The summed E-state index contributed by atoms with van der Waals surface area (Å²) in [6, 6.07) is 15.7. The minimum Gasteiger partial charge on any atom is -0.310 e. The maximum absolute atomic E-state index is 13.5. The Morgan fingerprint density at radius 2 is 1.50 bits per heavy atom. The molecule has 0 fully saturated rings. The van der Waals surface area contributed by atoms with E-state index in [0.717, 1.165) is 38.4 Å². The number of rotatable bonds is 7. The molecule has 0 radical (unpaired) electrons. The summed E-state index contributed by atoms with van der Waals surface area (Å²) >= 11 is 0. The summed E-state index contributed by atoms with van der Waals surface area (Å²) in [4.78, 5) is 14.9. The van der Waals surface area contributed by atoms with Crippen LogP contribution in [0, 0.1) is 12.7 Å². The largest absolute Gasteiger partial charge is 0.310 e. The molecule has 1 aliphatic rings. The van der Waals surface area contributed by atoms with Gasteiger partial charge in [-0.15, -0.1) is 0 Å². The molecule has 3 aromatic rings. The summed E-state index contributed by atoms with van der Waals surface area (Å²) in [5.74, 6) is -1.04. The second kappa shape index (κ2) is 9.64. The molecule has 4 rings (SSSR count). The van der Waals surface area contributed by atoms with Gasteiger partial charge in [-0.1, -0.05) is 17.7 Å². The van der Waals surface area contributed by atoms with Gasteiger partial charge in [0, 0.05) is 26.3 Å². The second-order valence-corrected chi connectivity index (χ2v) is 12.7. The summed E-state index contributed by atoms with van der Waals surface area (Å²) in [7, 11) is -4.93. The zero-order valence-electron chi connectivity index (χ0n) is 20.0. The Morgan fingerprint density at radius 1 is 0.889 bits per heavy atom. The molecule has 1 heterocycles. The third kappa shape index (κ3) is 4.86. The van der Waals surface area contributed by atoms with Crippen molar-refractivity contribution in [1.29, 1.82) is 0 Å². The molecule has 1 aliphatic heterocycles. The van der Waals surface area contributed by atoms with Crippen LogP contribution in [0.2, 0.25) is 0 Å². The van der Waals surface area contributed by atoms with Crippen molar-refractivity contribution in [2.24, 2.45) is 0 Å². The van der Waals surface area contributed by atoms with E-state index in [2.05, 4.69) is 0 Å². The van der Waals surface area contributed by atoms with Crippen LogP contribution in [0.5, 0.6) is 0 Å². The summed E-state index contributed by atoms with van der Waals surface area (Å²) < 4.78 is 67.5. The van der Waals surface area contributed by atoms with Gasteiger partial charge < -0.3 is 4.90 Å². The van der Waals surface area contributed by atoms with Crippen LogP contribution in [0.15, 0.2) is 76.5 Å². The smallest absolute Gasteiger partial charge is 0.264 e. The molecule has 0 aromatic heterocycles. The minimum absolute atomic E-state index is 0.126. The van der Waals surface area contributed by atoms with Crippen molar-refractivity contribution < 1.29 is 26.0 Å². The number of benzene rings is 3. The van der Waals surface area contributed by atoms with Crippen molar-refractivity contribution in [3.8, 4) is 0 Å². The molecule has 36 heavy (non-hydrogen) atoms. The number of amides is 1. The number of aryl methyl sites for hydroxylation is 1. The SMILES string of the molecule is Cc1ccc(N(CC(=O)N2CCc3cc(S(=O)(=O)N(C)C)ccc32)S(=O)(=O)c2ccc(F)cc2)cc1. The van der Waals surface area contributed by atoms with Gasteiger partial charge in [0.15, 0.2) is 0 Å². The average molecular weight is 532 g/mol. The van der Waals surface area contributed by atoms with E-state index < -0.39 is 38.3 Å². The number of carbonyl (C=O) groups excluding carboxylic acids is 1. The number of carbonyl (C=O) groups is 1. The molecule has 190 valence electrons. The fourth-order valence-corrected chi connectivity index (χ4v) is 6.34. The number of anilines is 2. The van der Waals surface area contributed by atoms with E-state index in [0.29, 0.717) is 23.4 Å². The summed E-state index contributed by atoms with van der Waals surface area (Å²) in [5, 5.41) is 0. The van der Waals surface area contributed by atoms with Crippen LogP contribution in [-0.4, -0.2) is 54.2 Å². The molecule has 0 unspecified atom stereocenters. The van der Waals surface area contributed by atoms with E-state index in [-0.39, 0.29) is 16.3 Å². The first-order chi connectivity index (χ1) is 16.9. The Hall–Kier alpha value is -3.28. The normalized spacial score (nSPS) is 13.6. The van der Waals surface area contributed by atoms with E-state index >= 15 is 0 Å². The van der Waals surface area contributed by atoms with Gasteiger partial charge in [0.25, 0.3) is 10.0 Å². The zero-order chi connectivity index (χ0) is 26.3. The molecule has 0 N–H and O–H groups in total. The minimum atomic E-state index is -4.19. The Bertz CT molecular complexity index is 1500. The molecule has 0 saturated heterocycles. The number of nitrogens with zero attached hydrogens (tertiary/aromatic N) is 3. The van der Waals surface area contributed by atoms with Gasteiger partial charge in [-0.25, -0.2) is 25.5 Å². The topological polar surface area (TPSA) is 95.1 Å². The van der Waals surface area contributed by atoms with E-state index in [9.17, 15) is 26.0 Å². The van der Waals surface area contributed by atoms with Gasteiger partial charge in [0.05, 0.1) is 15.5 Å². The predicted octanol–water partition coefficient (Wildman–Crippen LogP) is 3.17. The molecule has 8 nitrogen and oxygen atoms in total. The Morgan fingerprint density at radius 3 is 2.11 bits per heavy atom. The third-order valence-electron chi connectivity index (χ3n) is 6.03. The highest BCUT2D eigenvalue weighted by Gasteiger charge is 2.32. The Balaban J connectivity index is 1.67. The summed E-state index contributed by atoms with van der Waals surface area (Å²) in [6.07, 6.45) is 0.438. The monoisotopic (exact) mass is 531 g/mol. The maximum Gasteiger partial charge on any atom is 0.264 e. The highest BCUT2D eigenvalue weighted by molar-refractivity contribution is 7.92. The molecule has 0 spiro atoms. The van der Waals surface area contributed by atoms with Crippen molar-refractivity contribution in [3.63, 3.8) is 0 Å².